The van der Waals surface area contributed by atoms with Gasteiger partial charge in [-0.2, -0.15) is 0 Å². The number of hydrogen-bond donors (Lipinski definition) is 1. The van der Waals surface area contributed by atoms with E-state index in [1.165, 1.54) is 44.9 Å². The van der Waals surface area contributed by atoms with Gasteiger partial charge in [0, 0.05) is 18.7 Å². The third-order valence-electron chi connectivity index (χ3n) is 4.00. The Morgan fingerprint density at radius 1 is 1.47 bits per heavy atom. The molecule has 2 heteroatoms. The maximum Gasteiger partial charge on any atom is 0.0697 e. The van der Waals surface area contributed by atoms with E-state index in [0.717, 1.165) is 6.61 Å². The van der Waals surface area contributed by atoms with Crippen molar-refractivity contribution in [3.05, 3.63) is 0 Å². The smallest absolute Gasteiger partial charge is 0.0697 e. The fourth-order valence-electron chi connectivity index (χ4n) is 3.01. The number of hydrogen-bond acceptors (Lipinski definition) is 2. The highest BCUT2D eigenvalue weighted by Gasteiger charge is 2.42. The lowest BCUT2D eigenvalue weighted by Crippen LogP contribution is -2.52. The van der Waals surface area contributed by atoms with E-state index in [0.29, 0.717) is 17.7 Å². The molecule has 15 heavy (non-hydrogen) atoms. The molecule has 2 aliphatic rings. The minimum absolute atomic E-state index is 0.294. The average molecular weight is 211 g/mol. The summed E-state index contributed by atoms with van der Waals surface area (Å²) >= 11 is 0. The first kappa shape index (κ1) is 11.4. The van der Waals surface area contributed by atoms with E-state index >= 15 is 0 Å². The molecule has 0 aromatic carbocycles. The van der Waals surface area contributed by atoms with E-state index in [9.17, 15) is 0 Å². The van der Waals surface area contributed by atoms with Crippen LogP contribution in [0.3, 0.4) is 0 Å². The largest absolute Gasteiger partial charge is 0.375 e. The van der Waals surface area contributed by atoms with Gasteiger partial charge in [-0.1, -0.05) is 13.3 Å². The van der Waals surface area contributed by atoms with E-state index in [2.05, 4.69) is 19.2 Å². The zero-order valence-corrected chi connectivity index (χ0v) is 10.2. The van der Waals surface area contributed by atoms with E-state index < -0.39 is 0 Å². The van der Waals surface area contributed by atoms with Crippen molar-refractivity contribution in [2.75, 3.05) is 6.61 Å². The molecule has 2 unspecified atom stereocenters. The van der Waals surface area contributed by atoms with Crippen LogP contribution in [-0.4, -0.2) is 24.3 Å². The van der Waals surface area contributed by atoms with E-state index in [1.54, 1.807) is 0 Å². The van der Waals surface area contributed by atoms with Crippen molar-refractivity contribution in [1.82, 2.24) is 5.32 Å². The van der Waals surface area contributed by atoms with Crippen LogP contribution in [0.15, 0.2) is 0 Å². The fraction of sp³-hybridized carbons (Fsp3) is 1.00. The van der Waals surface area contributed by atoms with Crippen LogP contribution < -0.4 is 5.32 Å². The Hall–Kier alpha value is -0.0800. The van der Waals surface area contributed by atoms with Crippen molar-refractivity contribution < 1.29 is 4.74 Å². The van der Waals surface area contributed by atoms with Crippen molar-refractivity contribution in [1.29, 1.82) is 0 Å². The Morgan fingerprint density at radius 3 is 2.87 bits per heavy atom. The molecule has 1 saturated carbocycles. The second kappa shape index (κ2) is 4.84. The Labute approximate surface area is 93.8 Å². The number of nitrogens with one attached hydrogen (secondary N) is 1. The SMILES string of the molecule is CCCC(C)NC1CCOC2(CCC2)C1. The summed E-state index contributed by atoms with van der Waals surface area (Å²) in [5.74, 6) is 0. The Morgan fingerprint density at radius 2 is 2.27 bits per heavy atom. The van der Waals surface area contributed by atoms with E-state index in [1.807, 2.05) is 0 Å². The van der Waals surface area contributed by atoms with Crippen LogP contribution in [0.1, 0.15) is 58.8 Å². The van der Waals surface area contributed by atoms with E-state index in [-0.39, 0.29) is 0 Å². The molecule has 2 fully saturated rings. The summed E-state index contributed by atoms with van der Waals surface area (Å²) in [4.78, 5) is 0. The van der Waals surface area contributed by atoms with Gasteiger partial charge in [-0.3, -0.25) is 0 Å². The molecule has 1 saturated heterocycles. The minimum Gasteiger partial charge on any atom is -0.375 e. The topological polar surface area (TPSA) is 21.3 Å². The van der Waals surface area contributed by atoms with Gasteiger partial charge in [-0.15, -0.1) is 0 Å². The zero-order valence-electron chi connectivity index (χ0n) is 10.2. The molecule has 0 radical (unpaired) electrons. The summed E-state index contributed by atoms with van der Waals surface area (Å²) in [6.07, 6.45) is 9.00. The van der Waals surface area contributed by atoms with Crippen LogP contribution in [0.25, 0.3) is 0 Å². The lowest BCUT2D eigenvalue weighted by Gasteiger charge is -2.47. The first-order chi connectivity index (χ1) is 7.24. The Balaban J connectivity index is 1.77. The van der Waals surface area contributed by atoms with Gasteiger partial charge in [0.05, 0.1) is 5.60 Å². The normalized spacial score (nSPS) is 31.2. The molecule has 1 spiro atoms. The van der Waals surface area contributed by atoms with Gasteiger partial charge in [-0.25, -0.2) is 0 Å². The zero-order chi connectivity index (χ0) is 10.7. The Bertz CT molecular complexity index is 201. The first-order valence-electron chi connectivity index (χ1n) is 6.64. The average Bonchev–Trinajstić information content (AvgIpc) is 2.16. The monoisotopic (exact) mass is 211 g/mol. The number of ether oxygens (including phenoxy) is 1. The highest BCUT2D eigenvalue weighted by Crippen LogP contribution is 2.42. The molecule has 1 aliphatic carbocycles. The molecule has 0 bridgehead atoms. The second-order valence-electron chi connectivity index (χ2n) is 5.43. The third kappa shape index (κ3) is 2.73. The maximum atomic E-state index is 5.93. The molecular weight excluding hydrogens is 186 g/mol. The summed E-state index contributed by atoms with van der Waals surface area (Å²) in [5, 5.41) is 3.76. The van der Waals surface area contributed by atoms with Crippen LogP contribution in [0.2, 0.25) is 0 Å². The van der Waals surface area contributed by atoms with Crippen LogP contribution in [-0.2, 0) is 4.74 Å². The van der Waals surface area contributed by atoms with Gasteiger partial charge in [0.2, 0.25) is 0 Å². The van der Waals surface area contributed by atoms with Crippen molar-refractivity contribution in [2.45, 2.75) is 76.5 Å². The van der Waals surface area contributed by atoms with Crippen LogP contribution >= 0.6 is 0 Å². The van der Waals surface area contributed by atoms with Crippen molar-refractivity contribution in [3.8, 4) is 0 Å². The molecule has 0 amide bonds. The number of rotatable bonds is 4. The van der Waals surface area contributed by atoms with E-state index in [4.69, 9.17) is 4.74 Å². The van der Waals surface area contributed by atoms with Crippen LogP contribution in [0.4, 0.5) is 0 Å². The highest BCUT2D eigenvalue weighted by molar-refractivity contribution is 4.96. The van der Waals surface area contributed by atoms with Crippen LogP contribution in [0, 0.1) is 0 Å². The van der Waals surface area contributed by atoms with Crippen molar-refractivity contribution in [3.63, 3.8) is 0 Å². The summed E-state index contributed by atoms with van der Waals surface area (Å²) in [7, 11) is 0. The fourth-order valence-corrected chi connectivity index (χ4v) is 3.01. The molecule has 1 aliphatic heterocycles. The summed E-state index contributed by atoms with van der Waals surface area (Å²) in [6.45, 7) is 5.54. The summed E-state index contributed by atoms with van der Waals surface area (Å²) in [5.41, 5.74) is 0.294. The van der Waals surface area contributed by atoms with Gasteiger partial charge in [-0.05, 0) is 45.4 Å². The highest BCUT2D eigenvalue weighted by atomic mass is 16.5. The summed E-state index contributed by atoms with van der Waals surface area (Å²) < 4.78 is 5.93. The molecule has 1 heterocycles. The van der Waals surface area contributed by atoms with Crippen LogP contribution in [0.5, 0.6) is 0 Å². The Kier molecular flexibility index (Phi) is 3.68. The van der Waals surface area contributed by atoms with Crippen molar-refractivity contribution >= 4 is 0 Å². The second-order valence-corrected chi connectivity index (χ2v) is 5.43. The lowest BCUT2D eigenvalue weighted by molar-refractivity contribution is -0.136. The van der Waals surface area contributed by atoms with Gasteiger partial charge < -0.3 is 10.1 Å². The molecule has 0 aromatic heterocycles. The lowest BCUT2D eigenvalue weighted by atomic mass is 9.74. The van der Waals surface area contributed by atoms with Gasteiger partial charge in [0.15, 0.2) is 0 Å². The minimum atomic E-state index is 0.294. The molecule has 2 atom stereocenters. The molecule has 2 nitrogen and oxygen atoms in total. The molecule has 1 N–H and O–H groups in total. The molecule has 0 aromatic rings. The van der Waals surface area contributed by atoms with Crippen molar-refractivity contribution in [2.24, 2.45) is 0 Å². The molecule has 2 rings (SSSR count). The first-order valence-corrected chi connectivity index (χ1v) is 6.64. The molecular formula is C13H25NO. The maximum absolute atomic E-state index is 5.93. The standard InChI is InChI=1S/C13H25NO/c1-3-5-11(2)14-12-6-9-15-13(10-12)7-4-8-13/h11-12,14H,3-10H2,1-2H3. The summed E-state index contributed by atoms with van der Waals surface area (Å²) in [6, 6.07) is 1.39. The molecule has 88 valence electrons. The van der Waals surface area contributed by atoms with Gasteiger partial charge >= 0.3 is 0 Å². The quantitative estimate of drug-likeness (QED) is 0.772. The third-order valence-corrected chi connectivity index (χ3v) is 4.00. The predicted molar refractivity (Wildman–Crippen MR) is 63.1 cm³/mol. The van der Waals surface area contributed by atoms with Gasteiger partial charge in [0.1, 0.15) is 0 Å². The van der Waals surface area contributed by atoms with Gasteiger partial charge in [0.25, 0.3) is 0 Å². The predicted octanol–water partition coefficient (Wildman–Crippen LogP) is 2.87.